The van der Waals surface area contributed by atoms with Gasteiger partial charge in [-0.25, -0.2) is 0 Å². The highest BCUT2D eigenvalue weighted by Gasteiger charge is 2.22. The fraction of sp³-hybridized carbons (Fsp3) is 0.316. The Morgan fingerprint density at radius 3 is 2.56 bits per heavy atom. The molecule has 1 atom stereocenters. The molecule has 2 rings (SSSR count). The van der Waals surface area contributed by atoms with Crippen molar-refractivity contribution >= 4 is 39.7 Å². The maximum absolute atomic E-state index is 12.4. The Labute approximate surface area is 162 Å². The Morgan fingerprint density at radius 2 is 1.89 bits per heavy atom. The minimum absolute atomic E-state index is 0.0553. The molecule has 1 unspecified atom stereocenters. The van der Waals surface area contributed by atoms with Gasteiger partial charge >= 0.3 is 0 Å². The number of carbonyl (C=O) groups excluding carboxylic acids is 3. The second-order valence-corrected chi connectivity index (χ2v) is 7.08. The zero-order valence-corrected chi connectivity index (χ0v) is 16.4. The Hall–Kier alpha value is -2.71. The van der Waals surface area contributed by atoms with Crippen LogP contribution in [0.25, 0.3) is 0 Å². The number of hydrogen-bond acceptors (Lipinski definition) is 5. The van der Waals surface area contributed by atoms with Crippen LogP contribution in [-0.2, 0) is 16.0 Å². The summed E-state index contributed by atoms with van der Waals surface area (Å²) in [5.41, 5.74) is 7.39. The van der Waals surface area contributed by atoms with Crippen molar-refractivity contribution in [1.82, 2.24) is 4.90 Å². The van der Waals surface area contributed by atoms with Crippen molar-refractivity contribution in [2.45, 2.75) is 26.3 Å². The number of benzene rings is 1. The zero-order chi connectivity index (χ0) is 20.0. The Kier molecular flexibility index (Phi) is 7.09. The van der Waals surface area contributed by atoms with Gasteiger partial charge in [-0.15, -0.1) is 11.3 Å². The number of anilines is 2. The molecule has 144 valence electrons. The normalized spacial score (nSPS) is 11.9. The Balaban J connectivity index is 1.95. The van der Waals surface area contributed by atoms with E-state index in [0.29, 0.717) is 5.00 Å². The molecule has 0 saturated carbocycles. The van der Waals surface area contributed by atoms with Crippen molar-refractivity contribution in [2.75, 3.05) is 24.2 Å². The number of thiophene rings is 1. The van der Waals surface area contributed by atoms with E-state index in [0.717, 1.165) is 17.7 Å². The summed E-state index contributed by atoms with van der Waals surface area (Å²) in [5.74, 6) is -1.11. The topological polar surface area (TPSA) is 105 Å². The molecular formula is C19H24N4O3S. The lowest BCUT2D eigenvalue weighted by molar-refractivity contribution is -0.122. The molecule has 2 aromatic rings. The lowest BCUT2D eigenvalue weighted by Crippen LogP contribution is -2.43. The van der Waals surface area contributed by atoms with E-state index < -0.39 is 11.9 Å². The molecular weight excluding hydrogens is 364 g/mol. The van der Waals surface area contributed by atoms with Crippen LogP contribution >= 0.6 is 11.3 Å². The predicted molar refractivity (Wildman–Crippen MR) is 108 cm³/mol. The van der Waals surface area contributed by atoms with Crippen LogP contribution in [0.4, 0.5) is 10.7 Å². The highest BCUT2D eigenvalue weighted by molar-refractivity contribution is 7.14. The van der Waals surface area contributed by atoms with Crippen molar-refractivity contribution in [3.8, 4) is 0 Å². The summed E-state index contributed by atoms with van der Waals surface area (Å²) in [6, 6.07) is 8.61. The van der Waals surface area contributed by atoms with Gasteiger partial charge in [-0.2, -0.15) is 0 Å². The Bertz CT molecular complexity index is 834. The van der Waals surface area contributed by atoms with Gasteiger partial charge in [0.1, 0.15) is 5.00 Å². The predicted octanol–water partition coefficient (Wildman–Crippen LogP) is 2.31. The van der Waals surface area contributed by atoms with E-state index in [4.69, 9.17) is 5.73 Å². The SMILES string of the molecule is CCc1ccccc1NC(=O)CN(C)C(C)C(=O)Nc1sccc1C(N)=O. The number of rotatable bonds is 8. The lowest BCUT2D eigenvalue weighted by Gasteiger charge is -2.23. The molecule has 8 heteroatoms. The molecule has 0 aliphatic rings. The van der Waals surface area contributed by atoms with Crippen molar-refractivity contribution in [1.29, 1.82) is 0 Å². The summed E-state index contributed by atoms with van der Waals surface area (Å²) in [4.78, 5) is 37.8. The van der Waals surface area contributed by atoms with E-state index >= 15 is 0 Å². The summed E-state index contributed by atoms with van der Waals surface area (Å²) in [6.07, 6.45) is 0.814. The van der Waals surface area contributed by atoms with Gasteiger partial charge in [-0.05, 0) is 43.5 Å². The van der Waals surface area contributed by atoms with Crippen molar-refractivity contribution in [3.05, 3.63) is 46.8 Å². The molecule has 1 aromatic heterocycles. The van der Waals surface area contributed by atoms with Gasteiger partial charge in [0.25, 0.3) is 5.91 Å². The lowest BCUT2D eigenvalue weighted by atomic mass is 10.1. The number of primary amides is 1. The first-order valence-electron chi connectivity index (χ1n) is 8.59. The molecule has 27 heavy (non-hydrogen) atoms. The fourth-order valence-corrected chi connectivity index (χ4v) is 3.32. The minimum atomic E-state index is -0.596. The van der Waals surface area contributed by atoms with Gasteiger partial charge in [0.05, 0.1) is 18.2 Å². The standard InChI is InChI=1S/C19H24N4O3S/c1-4-13-7-5-6-8-15(13)21-16(24)11-23(3)12(2)18(26)22-19-14(17(20)25)9-10-27-19/h5-10,12H,4,11H2,1-3H3,(H2,20,25)(H,21,24)(H,22,26). The molecule has 1 aromatic carbocycles. The number of nitrogens with one attached hydrogen (secondary N) is 2. The first-order chi connectivity index (χ1) is 12.8. The monoisotopic (exact) mass is 388 g/mol. The van der Waals surface area contributed by atoms with Crippen LogP contribution in [-0.4, -0.2) is 42.3 Å². The number of carbonyl (C=O) groups is 3. The zero-order valence-electron chi connectivity index (χ0n) is 15.6. The van der Waals surface area contributed by atoms with Gasteiger partial charge in [-0.3, -0.25) is 19.3 Å². The van der Waals surface area contributed by atoms with Gasteiger partial charge in [0.15, 0.2) is 0 Å². The van der Waals surface area contributed by atoms with E-state index in [1.807, 2.05) is 31.2 Å². The molecule has 3 amide bonds. The summed E-state index contributed by atoms with van der Waals surface area (Å²) in [7, 11) is 1.69. The number of nitrogens with zero attached hydrogens (tertiary/aromatic N) is 1. The highest BCUT2D eigenvalue weighted by Crippen LogP contribution is 2.23. The third-order valence-corrected chi connectivity index (χ3v) is 5.10. The number of amides is 3. The number of nitrogens with two attached hydrogens (primary N) is 1. The molecule has 0 saturated heterocycles. The first-order valence-corrected chi connectivity index (χ1v) is 9.47. The van der Waals surface area contributed by atoms with Crippen molar-refractivity contribution in [3.63, 3.8) is 0 Å². The molecule has 0 spiro atoms. The molecule has 0 fully saturated rings. The third kappa shape index (κ3) is 5.38. The smallest absolute Gasteiger partial charge is 0.251 e. The third-order valence-electron chi connectivity index (χ3n) is 4.27. The molecule has 1 heterocycles. The first kappa shape index (κ1) is 20.6. The average Bonchev–Trinajstić information content (AvgIpc) is 3.09. The van der Waals surface area contributed by atoms with Crippen molar-refractivity contribution in [2.24, 2.45) is 5.73 Å². The summed E-state index contributed by atoms with van der Waals surface area (Å²) >= 11 is 1.22. The second kappa shape index (κ2) is 9.29. The fourth-order valence-electron chi connectivity index (χ4n) is 2.52. The molecule has 7 nitrogen and oxygen atoms in total. The van der Waals surface area contributed by atoms with Crippen LogP contribution in [0.3, 0.4) is 0 Å². The van der Waals surface area contributed by atoms with Crippen LogP contribution in [0.15, 0.2) is 35.7 Å². The van der Waals surface area contributed by atoms with Gasteiger partial charge in [-0.1, -0.05) is 25.1 Å². The number of aryl methyl sites for hydroxylation is 1. The summed E-state index contributed by atoms with van der Waals surface area (Å²) < 4.78 is 0. The van der Waals surface area contributed by atoms with Gasteiger partial charge in [0.2, 0.25) is 11.8 Å². The van der Waals surface area contributed by atoms with E-state index in [9.17, 15) is 14.4 Å². The van der Waals surface area contributed by atoms with Crippen LogP contribution in [0.2, 0.25) is 0 Å². The van der Waals surface area contributed by atoms with Crippen LogP contribution in [0.5, 0.6) is 0 Å². The molecule has 0 aliphatic heterocycles. The Morgan fingerprint density at radius 1 is 1.19 bits per heavy atom. The average molecular weight is 388 g/mol. The molecule has 0 aliphatic carbocycles. The van der Waals surface area contributed by atoms with E-state index in [-0.39, 0.29) is 23.9 Å². The van der Waals surface area contributed by atoms with Crippen LogP contribution in [0.1, 0.15) is 29.8 Å². The highest BCUT2D eigenvalue weighted by atomic mass is 32.1. The van der Waals surface area contributed by atoms with E-state index in [1.54, 1.807) is 30.3 Å². The molecule has 0 radical (unpaired) electrons. The minimum Gasteiger partial charge on any atom is -0.366 e. The molecule has 0 bridgehead atoms. The number of likely N-dealkylation sites (N-methyl/N-ethyl adjacent to an activating group) is 1. The maximum atomic E-state index is 12.4. The summed E-state index contributed by atoms with van der Waals surface area (Å²) in [5, 5.41) is 7.68. The van der Waals surface area contributed by atoms with Crippen LogP contribution in [0, 0.1) is 0 Å². The maximum Gasteiger partial charge on any atom is 0.251 e. The van der Waals surface area contributed by atoms with Gasteiger partial charge < -0.3 is 16.4 Å². The number of hydrogen-bond donors (Lipinski definition) is 3. The van der Waals surface area contributed by atoms with Gasteiger partial charge in [0, 0.05) is 5.69 Å². The summed E-state index contributed by atoms with van der Waals surface area (Å²) in [6.45, 7) is 3.77. The largest absolute Gasteiger partial charge is 0.366 e. The number of para-hydroxylation sites is 1. The van der Waals surface area contributed by atoms with E-state index in [1.165, 1.54) is 11.3 Å². The quantitative estimate of drug-likeness (QED) is 0.645. The molecule has 4 N–H and O–H groups in total. The van der Waals surface area contributed by atoms with Crippen LogP contribution < -0.4 is 16.4 Å². The van der Waals surface area contributed by atoms with Crippen molar-refractivity contribution < 1.29 is 14.4 Å². The second-order valence-electron chi connectivity index (χ2n) is 6.17. The van der Waals surface area contributed by atoms with E-state index in [2.05, 4.69) is 10.6 Å².